The van der Waals surface area contributed by atoms with Crippen molar-refractivity contribution in [3.8, 4) is 0 Å². The Hall–Kier alpha value is -0.0400. The molecule has 0 aromatic heterocycles. The van der Waals surface area contributed by atoms with Crippen LogP contribution < -0.4 is 5.73 Å². The van der Waals surface area contributed by atoms with Crippen LogP contribution in [0.2, 0.25) is 0 Å². The first-order valence-electron chi connectivity index (χ1n) is 6.44. The molecule has 82 valence electrons. The summed E-state index contributed by atoms with van der Waals surface area (Å²) in [5.41, 5.74) is 6.36. The van der Waals surface area contributed by atoms with Crippen molar-refractivity contribution in [1.29, 1.82) is 0 Å². The summed E-state index contributed by atoms with van der Waals surface area (Å²) >= 11 is 0. The van der Waals surface area contributed by atoms with Gasteiger partial charge >= 0.3 is 0 Å². The Balaban J connectivity index is 1.85. The number of nitrogens with two attached hydrogens (primary N) is 1. The van der Waals surface area contributed by atoms with Crippen molar-refractivity contribution in [1.82, 2.24) is 0 Å². The maximum absolute atomic E-state index is 6.36. The molecule has 0 bridgehead atoms. The van der Waals surface area contributed by atoms with E-state index < -0.39 is 0 Å². The van der Waals surface area contributed by atoms with Crippen LogP contribution in [0, 0.1) is 23.7 Å². The predicted octanol–water partition coefficient (Wildman–Crippen LogP) is 3.19. The average molecular weight is 195 g/mol. The Kier molecular flexibility index (Phi) is 3.16. The summed E-state index contributed by atoms with van der Waals surface area (Å²) in [5, 5.41) is 0. The molecule has 1 heteroatoms. The second kappa shape index (κ2) is 4.22. The lowest BCUT2D eigenvalue weighted by Crippen LogP contribution is -2.43. The van der Waals surface area contributed by atoms with Gasteiger partial charge in [0.05, 0.1) is 0 Å². The molecule has 0 heterocycles. The minimum Gasteiger partial charge on any atom is -0.327 e. The van der Waals surface area contributed by atoms with Crippen LogP contribution >= 0.6 is 0 Å². The maximum atomic E-state index is 6.36. The number of rotatable bonds is 2. The zero-order chi connectivity index (χ0) is 10.1. The standard InChI is InChI=1S/C13H25N/c1-9-6-7-12(8-10(9)2)13(14)11-4-3-5-11/h9-13H,3-8,14H2,1-2H3. The fourth-order valence-corrected chi connectivity index (χ4v) is 3.15. The van der Waals surface area contributed by atoms with E-state index in [1.807, 2.05) is 0 Å². The highest BCUT2D eigenvalue weighted by molar-refractivity contribution is 4.88. The summed E-state index contributed by atoms with van der Waals surface area (Å²) in [6.07, 6.45) is 8.43. The third-order valence-corrected chi connectivity index (χ3v) is 4.88. The van der Waals surface area contributed by atoms with E-state index in [0.29, 0.717) is 6.04 Å². The fourth-order valence-electron chi connectivity index (χ4n) is 3.15. The van der Waals surface area contributed by atoms with Crippen molar-refractivity contribution in [3.63, 3.8) is 0 Å². The zero-order valence-corrected chi connectivity index (χ0v) is 9.71. The molecule has 4 atom stereocenters. The van der Waals surface area contributed by atoms with Crippen LogP contribution in [0.25, 0.3) is 0 Å². The quantitative estimate of drug-likeness (QED) is 0.719. The highest BCUT2D eigenvalue weighted by Crippen LogP contribution is 2.40. The first kappa shape index (κ1) is 10.5. The molecule has 0 amide bonds. The van der Waals surface area contributed by atoms with Crippen molar-refractivity contribution in [2.45, 2.75) is 58.4 Å². The lowest BCUT2D eigenvalue weighted by atomic mass is 9.67. The van der Waals surface area contributed by atoms with Gasteiger partial charge in [-0.25, -0.2) is 0 Å². The van der Waals surface area contributed by atoms with Crippen LogP contribution in [0.4, 0.5) is 0 Å². The summed E-state index contributed by atoms with van der Waals surface area (Å²) in [5.74, 6) is 3.55. The Morgan fingerprint density at radius 2 is 1.64 bits per heavy atom. The molecule has 2 aliphatic carbocycles. The lowest BCUT2D eigenvalue weighted by Gasteiger charge is -2.41. The summed E-state index contributed by atoms with van der Waals surface area (Å²) in [6, 6.07) is 0.527. The van der Waals surface area contributed by atoms with Crippen molar-refractivity contribution < 1.29 is 0 Å². The van der Waals surface area contributed by atoms with Crippen LogP contribution in [-0.4, -0.2) is 6.04 Å². The van der Waals surface area contributed by atoms with Gasteiger partial charge in [0.1, 0.15) is 0 Å². The molecule has 14 heavy (non-hydrogen) atoms. The van der Waals surface area contributed by atoms with Gasteiger partial charge in [-0.1, -0.05) is 26.7 Å². The average Bonchev–Trinajstić information content (AvgIpc) is 2.06. The molecule has 1 nitrogen and oxygen atoms in total. The van der Waals surface area contributed by atoms with Gasteiger partial charge in [-0.2, -0.15) is 0 Å². The van der Waals surface area contributed by atoms with E-state index in [9.17, 15) is 0 Å². The molecule has 2 fully saturated rings. The van der Waals surface area contributed by atoms with E-state index in [0.717, 1.165) is 23.7 Å². The first-order valence-corrected chi connectivity index (χ1v) is 6.44. The third kappa shape index (κ3) is 1.98. The van der Waals surface area contributed by atoms with Gasteiger partial charge in [0.2, 0.25) is 0 Å². The van der Waals surface area contributed by atoms with E-state index in [1.165, 1.54) is 38.5 Å². The van der Waals surface area contributed by atoms with Crippen LogP contribution in [0.1, 0.15) is 52.4 Å². The van der Waals surface area contributed by atoms with Crippen molar-refractivity contribution in [3.05, 3.63) is 0 Å². The van der Waals surface area contributed by atoms with Gasteiger partial charge in [-0.15, -0.1) is 0 Å². The van der Waals surface area contributed by atoms with Gasteiger partial charge < -0.3 is 5.73 Å². The van der Waals surface area contributed by atoms with Crippen molar-refractivity contribution in [2.24, 2.45) is 29.4 Å². The molecule has 2 rings (SSSR count). The monoisotopic (exact) mass is 195 g/mol. The molecule has 2 saturated carbocycles. The Labute approximate surface area is 88.4 Å². The first-order chi connectivity index (χ1) is 6.68. The minimum atomic E-state index is 0.527. The van der Waals surface area contributed by atoms with Gasteiger partial charge in [0.15, 0.2) is 0 Å². The van der Waals surface area contributed by atoms with Crippen molar-refractivity contribution >= 4 is 0 Å². The van der Waals surface area contributed by atoms with E-state index in [2.05, 4.69) is 13.8 Å². The molecular weight excluding hydrogens is 170 g/mol. The Morgan fingerprint density at radius 3 is 2.14 bits per heavy atom. The van der Waals surface area contributed by atoms with Gasteiger partial charge in [-0.3, -0.25) is 0 Å². The molecule has 0 aromatic rings. The molecule has 4 unspecified atom stereocenters. The van der Waals surface area contributed by atoms with Gasteiger partial charge in [0, 0.05) is 6.04 Å². The molecule has 0 saturated heterocycles. The second-order valence-electron chi connectivity index (χ2n) is 5.80. The van der Waals surface area contributed by atoms with Crippen LogP contribution in [0.5, 0.6) is 0 Å². The summed E-state index contributed by atoms with van der Waals surface area (Å²) in [4.78, 5) is 0. The maximum Gasteiger partial charge on any atom is 0.00957 e. The topological polar surface area (TPSA) is 26.0 Å². The van der Waals surface area contributed by atoms with E-state index >= 15 is 0 Å². The fraction of sp³-hybridized carbons (Fsp3) is 1.00. The molecule has 0 aliphatic heterocycles. The second-order valence-corrected chi connectivity index (χ2v) is 5.80. The number of hydrogen-bond donors (Lipinski definition) is 1. The van der Waals surface area contributed by atoms with E-state index in [-0.39, 0.29) is 0 Å². The molecule has 0 radical (unpaired) electrons. The molecule has 0 spiro atoms. The summed E-state index contributed by atoms with van der Waals surface area (Å²) in [7, 11) is 0. The van der Waals surface area contributed by atoms with E-state index in [1.54, 1.807) is 0 Å². The molecular formula is C13H25N. The highest BCUT2D eigenvalue weighted by atomic mass is 14.7. The SMILES string of the molecule is CC1CCC(C(N)C2CCC2)CC1C. The van der Waals surface area contributed by atoms with Gasteiger partial charge in [0.25, 0.3) is 0 Å². The minimum absolute atomic E-state index is 0.527. The molecule has 2 N–H and O–H groups in total. The van der Waals surface area contributed by atoms with Crippen LogP contribution in [0.15, 0.2) is 0 Å². The summed E-state index contributed by atoms with van der Waals surface area (Å²) in [6.45, 7) is 4.81. The largest absolute Gasteiger partial charge is 0.327 e. The van der Waals surface area contributed by atoms with Gasteiger partial charge in [-0.05, 0) is 49.4 Å². The number of hydrogen-bond acceptors (Lipinski definition) is 1. The molecule has 0 aromatic carbocycles. The van der Waals surface area contributed by atoms with Crippen molar-refractivity contribution in [2.75, 3.05) is 0 Å². The third-order valence-electron chi connectivity index (χ3n) is 4.88. The predicted molar refractivity (Wildman–Crippen MR) is 61.0 cm³/mol. The van der Waals surface area contributed by atoms with E-state index in [4.69, 9.17) is 5.73 Å². The Bertz CT molecular complexity index is 186. The zero-order valence-electron chi connectivity index (χ0n) is 9.71. The Morgan fingerprint density at radius 1 is 0.929 bits per heavy atom. The smallest absolute Gasteiger partial charge is 0.00957 e. The highest BCUT2D eigenvalue weighted by Gasteiger charge is 2.34. The normalized spacial score (nSPS) is 41.8. The molecule has 2 aliphatic rings. The lowest BCUT2D eigenvalue weighted by molar-refractivity contribution is 0.130. The van der Waals surface area contributed by atoms with Crippen LogP contribution in [-0.2, 0) is 0 Å². The van der Waals surface area contributed by atoms with Crippen LogP contribution in [0.3, 0.4) is 0 Å². The summed E-state index contributed by atoms with van der Waals surface area (Å²) < 4.78 is 0.